The molecule has 0 unspecified atom stereocenters. The van der Waals surface area contributed by atoms with E-state index < -0.39 is 5.54 Å². The molecule has 7 heteroatoms. The van der Waals surface area contributed by atoms with E-state index in [0.29, 0.717) is 18.7 Å². The maximum atomic E-state index is 12.2. The van der Waals surface area contributed by atoms with Crippen LogP contribution in [0.2, 0.25) is 5.15 Å². The average molecular weight is 285 g/mol. The minimum absolute atomic E-state index is 0.116. The Hall–Kier alpha value is -1.40. The lowest BCUT2D eigenvalue weighted by molar-refractivity contribution is -0.122. The van der Waals surface area contributed by atoms with Crippen molar-refractivity contribution >= 4 is 23.5 Å². The predicted octanol–water partition coefficient (Wildman–Crippen LogP) is 1.74. The highest BCUT2D eigenvalue weighted by molar-refractivity contribution is 6.29. The smallest absolute Gasteiger partial charge is 0.246 e. The van der Waals surface area contributed by atoms with E-state index in [1.807, 2.05) is 0 Å². The molecule has 1 aliphatic carbocycles. The number of nitrogens with two attached hydrogens (primary N) is 1. The summed E-state index contributed by atoms with van der Waals surface area (Å²) in [5.74, 6) is 0.145. The SMILES string of the molecule is COc1cc(Cl)nc(NC(=O)C2(N)CCCCC2)n1. The van der Waals surface area contributed by atoms with Crippen LogP contribution in [0, 0.1) is 0 Å². The number of nitrogens with one attached hydrogen (secondary N) is 1. The van der Waals surface area contributed by atoms with Crippen molar-refractivity contribution < 1.29 is 9.53 Å². The fraction of sp³-hybridized carbons (Fsp3) is 0.583. The third-order valence-electron chi connectivity index (χ3n) is 3.30. The summed E-state index contributed by atoms with van der Waals surface area (Å²) in [6.07, 6.45) is 4.40. The van der Waals surface area contributed by atoms with Crippen LogP contribution in [0.15, 0.2) is 6.07 Å². The molecule has 104 valence electrons. The van der Waals surface area contributed by atoms with Gasteiger partial charge in [0.05, 0.1) is 12.6 Å². The number of methoxy groups -OCH3 is 1. The number of hydrogen-bond acceptors (Lipinski definition) is 5. The Morgan fingerprint density at radius 1 is 1.42 bits per heavy atom. The highest BCUT2D eigenvalue weighted by Gasteiger charge is 2.35. The van der Waals surface area contributed by atoms with Crippen molar-refractivity contribution in [1.29, 1.82) is 0 Å². The molecule has 0 aliphatic heterocycles. The topological polar surface area (TPSA) is 90.1 Å². The number of anilines is 1. The Bertz CT molecular complexity index is 475. The Morgan fingerprint density at radius 2 is 2.11 bits per heavy atom. The standard InChI is InChI=1S/C12H17ClN4O2/c1-19-9-7-8(13)15-11(16-9)17-10(18)12(14)5-3-2-4-6-12/h7H,2-6,14H2,1H3,(H,15,16,17,18). The number of carbonyl (C=O) groups excluding carboxylic acids is 1. The highest BCUT2D eigenvalue weighted by Crippen LogP contribution is 2.27. The summed E-state index contributed by atoms with van der Waals surface area (Å²) >= 11 is 5.82. The molecule has 1 saturated carbocycles. The van der Waals surface area contributed by atoms with Crippen LogP contribution in [0.5, 0.6) is 5.88 Å². The van der Waals surface area contributed by atoms with Gasteiger partial charge in [0.25, 0.3) is 0 Å². The van der Waals surface area contributed by atoms with Crippen LogP contribution in [-0.2, 0) is 4.79 Å². The van der Waals surface area contributed by atoms with Crippen molar-refractivity contribution in [3.8, 4) is 5.88 Å². The van der Waals surface area contributed by atoms with E-state index in [4.69, 9.17) is 22.1 Å². The molecule has 1 aromatic heterocycles. The lowest BCUT2D eigenvalue weighted by Gasteiger charge is -2.31. The zero-order chi connectivity index (χ0) is 13.9. The van der Waals surface area contributed by atoms with Crippen LogP contribution in [-0.4, -0.2) is 28.5 Å². The van der Waals surface area contributed by atoms with E-state index in [9.17, 15) is 4.79 Å². The van der Waals surface area contributed by atoms with Crippen LogP contribution >= 0.6 is 11.6 Å². The van der Waals surface area contributed by atoms with Crippen LogP contribution < -0.4 is 15.8 Å². The molecule has 3 N–H and O–H groups in total. The quantitative estimate of drug-likeness (QED) is 0.825. The van der Waals surface area contributed by atoms with Gasteiger partial charge < -0.3 is 10.5 Å². The van der Waals surface area contributed by atoms with Gasteiger partial charge in [-0.05, 0) is 12.8 Å². The summed E-state index contributed by atoms with van der Waals surface area (Å²) < 4.78 is 4.97. The van der Waals surface area contributed by atoms with Gasteiger partial charge in [0.1, 0.15) is 5.15 Å². The van der Waals surface area contributed by atoms with Crippen LogP contribution in [0.1, 0.15) is 32.1 Å². The van der Waals surface area contributed by atoms with E-state index in [1.54, 1.807) is 0 Å². The molecule has 2 rings (SSSR count). The molecule has 0 aromatic carbocycles. The Labute approximate surface area is 116 Å². The van der Waals surface area contributed by atoms with Crippen LogP contribution in [0.25, 0.3) is 0 Å². The Morgan fingerprint density at radius 3 is 2.74 bits per heavy atom. The summed E-state index contributed by atoms with van der Waals surface area (Å²) in [4.78, 5) is 20.1. The van der Waals surface area contributed by atoms with Gasteiger partial charge in [-0.1, -0.05) is 30.9 Å². The number of amides is 1. The molecule has 1 fully saturated rings. The van der Waals surface area contributed by atoms with Crippen LogP contribution in [0.4, 0.5) is 5.95 Å². The molecular weight excluding hydrogens is 268 g/mol. The zero-order valence-electron chi connectivity index (χ0n) is 10.8. The molecule has 1 aromatic rings. The van der Waals surface area contributed by atoms with Crippen molar-refractivity contribution in [1.82, 2.24) is 9.97 Å². The summed E-state index contributed by atoms with van der Waals surface area (Å²) in [6, 6.07) is 1.47. The first-order chi connectivity index (χ1) is 9.03. The number of aromatic nitrogens is 2. The average Bonchev–Trinajstić information content (AvgIpc) is 2.38. The number of hydrogen-bond donors (Lipinski definition) is 2. The molecule has 0 atom stereocenters. The van der Waals surface area contributed by atoms with Crippen molar-refractivity contribution in [3.05, 3.63) is 11.2 Å². The molecule has 0 radical (unpaired) electrons. The van der Waals surface area contributed by atoms with Crippen molar-refractivity contribution in [3.63, 3.8) is 0 Å². The van der Waals surface area contributed by atoms with Crippen LogP contribution in [0.3, 0.4) is 0 Å². The third-order valence-corrected chi connectivity index (χ3v) is 3.50. The first-order valence-corrected chi connectivity index (χ1v) is 6.60. The monoisotopic (exact) mass is 284 g/mol. The summed E-state index contributed by atoms with van der Waals surface area (Å²) in [7, 11) is 1.47. The molecule has 1 amide bonds. The normalized spacial score (nSPS) is 17.8. The molecule has 6 nitrogen and oxygen atoms in total. The lowest BCUT2D eigenvalue weighted by atomic mass is 9.82. The van der Waals surface area contributed by atoms with Gasteiger partial charge in [-0.3, -0.25) is 10.1 Å². The maximum absolute atomic E-state index is 12.2. The number of ether oxygens (including phenoxy) is 1. The van der Waals surface area contributed by atoms with Gasteiger partial charge >= 0.3 is 0 Å². The van der Waals surface area contributed by atoms with E-state index >= 15 is 0 Å². The van der Waals surface area contributed by atoms with Gasteiger partial charge in [0.15, 0.2) is 0 Å². The molecule has 0 bridgehead atoms. The predicted molar refractivity (Wildman–Crippen MR) is 72.2 cm³/mol. The molecule has 19 heavy (non-hydrogen) atoms. The minimum Gasteiger partial charge on any atom is -0.481 e. The van der Waals surface area contributed by atoms with Crippen molar-refractivity contribution in [2.45, 2.75) is 37.6 Å². The van der Waals surface area contributed by atoms with Gasteiger partial charge in [-0.2, -0.15) is 4.98 Å². The Balaban J connectivity index is 2.12. The van der Waals surface area contributed by atoms with Gasteiger partial charge in [-0.15, -0.1) is 0 Å². The summed E-state index contributed by atoms with van der Waals surface area (Å²) in [5.41, 5.74) is 5.29. The summed E-state index contributed by atoms with van der Waals surface area (Å²) in [6.45, 7) is 0. The molecule has 1 heterocycles. The fourth-order valence-corrected chi connectivity index (χ4v) is 2.37. The highest BCUT2D eigenvalue weighted by atomic mass is 35.5. The second-order valence-electron chi connectivity index (χ2n) is 4.73. The maximum Gasteiger partial charge on any atom is 0.246 e. The van der Waals surface area contributed by atoms with Crippen molar-refractivity contribution in [2.75, 3.05) is 12.4 Å². The number of nitrogens with zero attached hydrogens (tertiary/aromatic N) is 2. The van der Waals surface area contributed by atoms with E-state index in [-0.39, 0.29) is 17.0 Å². The van der Waals surface area contributed by atoms with E-state index in [0.717, 1.165) is 19.3 Å². The van der Waals surface area contributed by atoms with E-state index in [1.165, 1.54) is 13.2 Å². The van der Waals surface area contributed by atoms with E-state index in [2.05, 4.69) is 15.3 Å². The third kappa shape index (κ3) is 3.33. The van der Waals surface area contributed by atoms with Crippen molar-refractivity contribution in [2.24, 2.45) is 5.73 Å². The fourth-order valence-electron chi connectivity index (χ4n) is 2.19. The minimum atomic E-state index is -0.836. The number of carbonyl (C=O) groups is 1. The number of rotatable bonds is 3. The molecule has 1 aliphatic rings. The van der Waals surface area contributed by atoms with Gasteiger partial charge in [-0.25, -0.2) is 4.98 Å². The molecule has 0 saturated heterocycles. The number of halogens is 1. The second-order valence-corrected chi connectivity index (χ2v) is 5.11. The second kappa shape index (κ2) is 5.71. The molecular formula is C12H17ClN4O2. The zero-order valence-corrected chi connectivity index (χ0v) is 11.5. The van der Waals surface area contributed by atoms with Gasteiger partial charge in [0, 0.05) is 6.07 Å². The summed E-state index contributed by atoms with van der Waals surface area (Å²) in [5, 5.41) is 2.82. The molecule has 0 spiro atoms. The first-order valence-electron chi connectivity index (χ1n) is 6.22. The Kier molecular flexibility index (Phi) is 4.21. The lowest BCUT2D eigenvalue weighted by Crippen LogP contribution is -2.52. The largest absolute Gasteiger partial charge is 0.481 e. The first kappa shape index (κ1) is 14.0. The van der Waals surface area contributed by atoms with Gasteiger partial charge in [0.2, 0.25) is 17.7 Å².